The molecule has 4 heteroatoms. The van der Waals surface area contributed by atoms with Gasteiger partial charge in [0.05, 0.1) is 0 Å². The fourth-order valence-electron chi connectivity index (χ4n) is 3.11. The molecule has 3 nitrogen and oxygen atoms in total. The third-order valence-electron chi connectivity index (χ3n) is 4.47. The number of hydrogen-bond donors (Lipinski definition) is 1. The topological polar surface area (TPSA) is 42.2 Å². The molecule has 0 unspecified atom stereocenters. The molecule has 1 heterocycles. The van der Waals surface area contributed by atoms with Gasteiger partial charge >= 0.3 is 0 Å². The van der Waals surface area contributed by atoms with Crippen molar-refractivity contribution in [3.8, 4) is 0 Å². The number of para-hydroxylation sites is 1. The van der Waals surface area contributed by atoms with Crippen LogP contribution in [0.25, 0.3) is 11.0 Å². The minimum atomic E-state index is -0.114. The van der Waals surface area contributed by atoms with Crippen molar-refractivity contribution in [2.75, 3.05) is 11.9 Å². The van der Waals surface area contributed by atoms with Crippen LogP contribution in [0.5, 0.6) is 0 Å². The molecule has 0 radical (unpaired) electrons. The Morgan fingerprint density at radius 2 is 2.00 bits per heavy atom. The van der Waals surface area contributed by atoms with E-state index in [1.807, 2.05) is 30.3 Å². The van der Waals surface area contributed by atoms with Crippen molar-refractivity contribution in [3.05, 3.63) is 36.1 Å². The number of alkyl halides is 1. The zero-order valence-corrected chi connectivity index (χ0v) is 13.6. The predicted molar refractivity (Wildman–Crippen MR) is 87.9 cm³/mol. The van der Waals surface area contributed by atoms with Crippen LogP contribution in [-0.2, 0) is 0 Å². The van der Waals surface area contributed by atoms with Crippen LogP contribution in [0.3, 0.4) is 0 Å². The van der Waals surface area contributed by atoms with Gasteiger partial charge in [-0.15, -0.1) is 0 Å². The maximum Gasteiger partial charge on any atom is 0.287 e. The lowest BCUT2D eigenvalue weighted by molar-refractivity contribution is 0.0896. The summed E-state index contributed by atoms with van der Waals surface area (Å²) in [5.74, 6) is 0.286. The quantitative estimate of drug-likeness (QED) is 0.825. The molecule has 1 aliphatic carbocycles. The number of carbonyl (C=O) groups is 1. The van der Waals surface area contributed by atoms with Crippen molar-refractivity contribution in [2.45, 2.75) is 32.1 Å². The first-order valence-corrected chi connectivity index (χ1v) is 8.67. The zero-order chi connectivity index (χ0) is 14.7. The number of halogens is 1. The van der Waals surface area contributed by atoms with Gasteiger partial charge in [-0.3, -0.25) is 4.79 Å². The molecule has 1 fully saturated rings. The van der Waals surface area contributed by atoms with Gasteiger partial charge in [-0.2, -0.15) is 0 Å². The predicted octanol–water partition coefficient (Wildman–Crippen LogP) is 4.51. The summed E-state index contributed by atoms with van der Waals surface area (Å²) < 4.78 is 5.61. The van der Waals surface area contributed by atoms with Crippen molar-refractivity contribution in [1.29, 1.82) is 0 Å². The molecule has 1 N–H and O–H groups in total. The molecule has 0 bridgehead atoms. The van der Waals surface area contributed by atoms with E-state index in [2.05, 4.69) is 21.2 Å². The van der Waals surface area contributed by atoms with Gasteiger partial charge in [0, 0.05) is 17.3 Å². The van der Waals surface area contributed by atoms with Gasteiger partial charge in [0.25, 0.3) is 5.91 Å². The maximum absolute atomic E-state index is 12.3. The van der Waals surface area contributed by atoms with E-state index in [4.69, 9.17) is 4.42 Å². The molecule has 3 rings (SSSR count). The zero-order valence-electron chi connectivity index (χ0n) is 12.0. The lowest BCUT2D eigenvalue weighted by atomic mass is 9.75. The summed E-state index contributed by atoms with van der Waals surface area (Å²) in [6, 6.07) is 9.51. The second-order valence-electron chi connectivity index (χ2n) is 6.03. The Morgan fingerprint density at radius 1 is 1.24 bits per heavy atom. The third kappa shape index (κ3) is 3.15. The van der Waals surface area contributed by atoms with E-state index in [0.717, 1.165) is 16.3 Å². The number of furan rings is 1. The molecule has 2 aromatic rings. The molecule has 112 valence electrons. The van der Waals surface area contributed by atoms with E-state index in [-0.39, 0.29) is 11.3 Å². The van der Waals surface area contributed by atoms with Crippen molar-refractivity contribution < 1.29 is 9.21 Å². The van der Waals surface area contributed by atoms with Gasteiger partial charge in [0.1, 0.15) is 5.58 Å². The van der Waals surface area contributed by atoms with Crippen molar-refractivity contribution >= 4 is 32.8 Å². The van der Waals surface area contributed by atoms with E-state index < -0.39 is 0 Å². The molecule has 1 aliphatic rings. The Hall–Kier alpha value is -1.29. The van der Waals surface area contributed by atoms with E-state index in [1.54, 1.807) is 0 Å². The lowest BCUT2D eigenvalue weighted by Gasteiger charge is -2.35. The lowest BCUT2D eigenvalue weighted by Crippen LogP contribution is -2.40. The van der Waals surface area contributed by atoms with E-state index in [0.29, 0.717) is 12.3 Å². The van der Waals surface area contributed by atoms with E-state index in [9.17, 15) is 4.79 Å². The smallest absolute Gasteiger partial charge is 0.287 e. The Kier molecular flexibility index (Phi) is 4.34. The van der Waals surface area contributed by atoms with Crippen LogP contribution < -0.4 is 5.32 Å². The maximum atomic E-state index is 12.3. The number of amides is 1. The number of rotatable bonds is 4. The average Bonchev–Trinajstić information content (AvgIpc) is 2.97. The van der Waals surface area contributed by atoms with Crippen LogP contribution in [0.1, 0.15) is 42.7 Å². The van der Waals surface area contributed by atoms with Gasteiger partial charge < -0.3 is 9.73 Å². The summed E-state index contributed by atoms with van der Waals surface area (Å²) in [6.07, 6.45) is 6.18. The second-order valence-corrected chi connectivity index (χ2v) is 6.59. The second kappa shape index (κ2) is 6.22. The summed E-state index contributed by atoms with van der Waals surface area (Å²) in [6.45, 7) is 0.716. The number of benzene rings is 1. The highest BCUT2D eigenvalue weighted by Gasteiger charge is 2.31. The van der Waals surface area contributed by atoms with Crippen LogP contribution >= 0.6 is 15.9 Å². The Labute approximate surface area is 133 Å². The largest absolute Gasteiger partial charge is 0.451 e. The molecule has 0 saturated heterocycles. The highest BCUT2D eigenvalue weighted by molar-refractivity contribution is 9.09. The van der Waals surface area contributed by atoms with Crippen LogP contribution in [-0.4, -0.2) is 17.8 Å². The summed E-state index contributed by atoms with van der Waals surface area (Å²) in [4.78, 5) is 12.3. The van der Waals surface area contributed by atoms with Gasteiger partial charge in [0.15, 0.2) is 5.76 Å². The minimum Gasteiger partial charge on any atom is -0.451 e. The standard InChI is InChI=1S/C17H20BrNO2/c18-11-17(8-4-1-5-9-17)12-19-16(20)15-10-13-6-2-3-7-14(13)21-15/h2-3,6-7,10H,1,4-5,8-9,11-12H2,(H,19,20). The first kappa shape index (κ1) is 14.6. The molecular weight excluding hydrogens is 330 g/mol. The monoisotopic (exact) mass is 349 g/mol. The molecule has 1 aromatic carbocycles. The first-order valence-electron chi connectivity index (χ1n) is 7.55. The van der Waals surface area contributed by atoms with Crippen molar-refractivity contribution in [3.63, 3.8) is 0 Å². The molecule has 21 heavy (non-hydrogen) atoms. The molecule has 1 amide bonds. The molecule has 0 atom stereocenters. The number of carbonyl (C=O) groups excluding carboxylic acids is 1. The van der Waals surface area contributed by atoms with Crippen LogP contribution in [0.2, 0.25) is 0 Å². The highest BCUT2D eigenvalue weighted by Crippen LogP contribution is 2.37. The normalized spacial score (nSPS) is 17.8. The van der Waals surface area contributed by atoms with Crippen LogP contribution in [0.15, 0.2) is 34.7 Å². The van der Waals surface area contributed by atoms with Gasteiger partial charge in [-0.25, -0.2) is 0 Å². The molecule has 0 aliphatic heterocycles. The SMILES string of the molecule is O=C(NCC1(CBr)CCCCC1)c1cc2ccccc2o1. The number of hydrogen-bond acceptors (Lipinski definition) is 2. The molecular formula is C17H20BrNO2. The summed E-state index contributed by atoms with van der Waals surface area (Å²) >= 11 is 3.63. The Bertz CT molecular complexity index is 596. The molecule has 1 saturated carbocycles. The summed E-state index contributed by atoms with van der Waals surface area (Å²) in [5.41, 5.74) is 0.968. The van der Waals surface area contributed by atoms with E-state index in [1.165, 1.54) is 32.1 Å². The first-order chi connectivity index (χ1) is 10.2. The average molecular weight is 350 g/mol. The number of nitrogens with one attached hydrogen (secondary N) is 1. The van der Waals surface area contributed by atoms with E-state index >= 15 is 0 Å². The fourth-order valence-corrected chi connectivity index (χ4v) is 3.87. The van der Waals surface area contributed by atoms with Crippen LogP contribution in [0, 0.1) is 5.41 Å². The fraction of sp³-hybridized carbons (Fsp3) is 0.471. The highest BCUT2D eigenvalue weighted by atomic mass is 79.9. The van der Waals surface area contributed by atoms with Gasteiger partial charge in [0.2, 0.25) is 0 Å². The summed E-state index contributed by atoms with van der Waals surface area (Å²) in [7, 11) is 0. The number of fused-ring (bicyclic) bond motifs is 1. The Morgan fingerprint density at radius 3 is 2.71 bits per heavy atom. The van der Waals surface area contributed by atoms with Crippen molar-refractivity contribution in [2.24, 2.45) is 5.41 Å². The summed E-state index contributed by atoms with van der Waals surface area (Å²) in [5, 5.41) is 4.97. The Balaban J connectivity index is 1.68. The molecule has 1 aromatic heterocycles. The van der Waals surface area contributed by atoms with Gasteiger partial charge in [-0.05, 0) is 30.4 Å². The minimum absolute atomic E-state index is 0.114. The third-order valence-corrected chi connectivity index (χ3v) is 5.66. The van der Waals surface area contributed by atoms with Gasteiger partial charge in [-0.1, -0.05) is 53.4 Å². The van der Waals surface area contributed by atoms with Crippen LogP contribution in [0.4, 0.5) is 0 Å². The van der Waals surface area contributed by atoms with Crippen molar-refractivity contribution in [1.82, 2.24) is 5.32 Å². The molecule has 0 spiro atoms.